The first kappa shape index (κ1) is 28.8. The van der Waals surface area contributed by atoms with Gasteiger partial charge in [0.05, 0.1) is 38.9 Å². The Morgan fingerprint density at radius 3 is 2.53 bits per heavy atom. The van der Waals surface area contributed by atoms with Gasteiger partial charge in [0, 0.05) is 21.9 Å². The van der Waals surface area contributed by atoms with E-state index in [-0.39, 0.29) is 35.2 Å². The van der Waals surface area contributed by atoms with E-state index in [1.54, 1.807) is 32.9 Å². The topological polar surface area (TPSA) is 95.3 Å². The number of aromatic nitrogens is 3. The standard InChI is InChI=1S/C25H24BrF3N4O5/c1-24(2,3)38-23(35)33(19-14-30-20(22(34)37-5)31-21(19)36-4)11-6-8-15-12-17-16(26)9-7-10-32(17)18(15)13-25(27,28)29/h7,9-10,12,14H,11,13H2,1-5H3. The van der Waals surface area contributed by atoms with Gasteiger partial charge in [0.15, 0.2) is 0 Å². The van der Waals surface area contributed by atoms with Gasteiger partial charge in [-0.05, 0) is 54.9 Å². The number of halogens is 4. The molecule has 38 heavy (non-hydrogen) atoms. The third-order valence-corrected chi connectivity index (χ3v) is 5.57. The highest BCUT2D eigenvalue weighted by Gasteiger charge is 2.31. The minimum atomic E-state index is -4.47. The Balaban J connectivity index is 2.06. The van der Waals surface area contributed by atoms with E-state index in [4.69, 9.17) is 9.47 Å². The number of methoxy groups -OCH3 is 2. The van der Waals surface area contributed by atoms with Crippen LogP contribution in [0.2, 0.25) is 0 Å². The molecule has 0 aliphatic heterocycles. The lowest BCUT2D eigenvalue weighted by Crippen LogP contribution is -2.37. The van der Waals surface area contributed by atoms with Crippen LogP contribution in [-0.4, -0.2) is 59.0 Å². The fraction of sp³-hybridized carbons (Fsp3) is 0.360. The second-order valence-electron chi connectivity index (χ2n) is 8.86. The fourth-order valence-corrected chi connectivity index (χ4v) is 3.82. The van der Waals surface area contributed by atoms with E-state index < -0.39 is 30.3 Å². The van der Waals surface area contributed by atoms with Crippen LogP contribution >= 0.6 is 15.9 Å². The molecule has 13 heteroatoms. The second kappa shape index (κ2) is 11.3. The Morgan fingerprint density at radius 1 is 1.21 bits per heavy atom. The molecule has 0 unspecified atom stereocenters. The highest BCUT2D eigenvalue weighted by Crippen LogP contribution is 2.30. The molecule has 3 heterocycles. The first-order valence-electron chi connectivity index (χ1n) is 11.1. The normalized spacial score (nSPS) is 11.5. The predicted molar refractivity (Wildman–Crippen MR) is 135 cm³/mol. The fourth-order valence-electron chi connectivity index (χ4n) is 3.36. The average Bonchev–Trinajstić information content (AvgIpc) is 3.17. The van der Waals surface area contributed by atoms with Crippen molar-refractivity contribution in [1.82, 2.24) is 14.4 Å². The monoisotopic (exact) mass is 596 g/mol. The molecule has 0 aromatic carbocycles. The summed E-state index contributed by atoms with van der Waals surface area (Å²) < 4.78 is 57.4. The first-order chi connectivity index (χ1) is 17.7. The summed E-state index contributed by atoms with van der Waals surface area (Å²) in [7, 11) is 2.44. The lowest BCUT2D eigenvalue weighted by Gasteiger charge is -2.26. The third-order valence-electron chi connectivity index (χ3n) is 4.89. The summed E-state index contributed by atoms with van der Waals surface area (Å²) in [6, 6.07) is 4.85. The lowest BCUT2D eigenvalue weighted by atomic mass is 10.2. The zero-order chi connectivity index (χ0) is 28.3. The van der Waals surface area contributed by atoms with Gasteiger partial charge in [-0.25, -0.2) is 14.6 Å². The lowest BCUT2D eigenvalue weighted by molar-refractivity contribution is -0.128. The van der Waals surface area contributed by atoms with Crippen LogP contribution in [0.25, 0.3) is 5.52 Å². The Morgan fingerprint density at radius 2 is 1.92 bits per heavy atom. The molecule has 3 aromatic rings. The summed E-state index contributed by atoms with van der Waals surface area (Å²) in [5, 5.41) is 0. The molecule has 3 aromatic heterocycles. The van der Waals surface area contributed by atoms with Crippen molar-refractivity contribution in [2.75, 3.05) is 25.7 Å². The molecule has 0 N–H and O–H groups in total. The minimum absolute atomic E-state index is 0.0315. The predicted octanol–water partition coefficient (Wildman–Crippen LogP) is 5.19. The van der Waals surface area contributed by atoms with Crippen LogP contribution in [0.1, 0.15) is 42.6 Å². The van der Waals surface area contributed by atoms with Crippen LogP contribution in [0, 0.1) is 11.8 Å². The molecule has 9 nitrogen and oxygen atoms in total. The smallest absolute Gasteiger partial charge is 0.415 e. The number of ether oxygens (including phenoxy) is 3. The summed E-state index contributed by atoms with van der Waals surface area (Å²) in [5.41, 5.74) is -0.247. The summed E-state index contributed by atoms with van der Waals surface area (Å²) >= 11 is 3.35. The molecular weight excluding hydrogens is 573 g/mol. The molecule has 0 fully saturated rings. The molecule has 0 atom stereocenters. The van der Waals surface area contributed by atoms with Crippen molar-refractivity contribution in [1.29, 1.82) is 0 Å². The van der Waals surface area contributed by atoms with Gasteiger partial charge in [0.25, 0.3) is 0 Å². The summed E-state index contributed by atoms with van der Waals surface area (Å²) in [4.78, 5) is 33.9. The van der Waals surface area contributed by atoms with Crippen molar-refractivity contribution in [2.24, 2.45) is 0 Å². The zero-order valence-corrected chi connectivity index (χ0v) is 22.7. The van der Waals surface area contributed by atoms with E-state index in [1.807, 2.05) is 0 Å². The Bertz CT molecular complexity index is 1420. The number of alkyl halides is 3. The van der Waals surface area contributed by atoms with E-state index in [1.165, 1.54) is 30.0 Å². The molecule has 0 aliphatic rings. The summed E-state index contributed by atoms with van der Waals surface area (Å²) in [5.74, 6) is 4.25. The molecule has 0 spiro atoms. The number of anilines is 1. The average molecular weight is 597 g/mol. The molecule has 0 saturated carbocycles. The summed E-state index contributed by atoms with van der Waals surface area (Å²) in [6.45, 7) is 4.68. The number of carbonyl (C=O) groups excluding carboxylic acids is 2. The number of fused-ring (bicyclic) bond motifs is 1. The van der Waals surface area contributed by atoms with Crippen LogP contribution in [0.3, 0.4) is 0 Å². The van der Waals surface area contributed by atoms with E-state index >= 15 is 0 Å². The van der Waals surface area contributed by atoms with Gasteiger partial charge < -0.3 is 18.6 Å². The molecule has 3 rings (SSSR count). The minimum Gasteiger partial charge on any atom is -0.479 e. The van der Waals surface area contributed by atoms with Crippen molar-refractivity contribution in [2.45, 2.75) is 39.0 Å². The highest BCUT2D eigenvalue weighted by atomic mass is 79.9. The van der Waals surface area contributed by atoms with Gasteiger partial charge >= 0.3 is 18.2 Å². The Labute approximate surface area is 225 Å². The van der Waals surface area contributed by atoms with E-state index in [0.717, 1.165) is 12.0 Å². The highest BCUT2D eigenvalue weighted by molar-refractivity contribution is 9.10. The maximum atomic E-state index is 13.4. The molecule has 0 saturated heterocycles. The van der Waals surface area contributed by atoms with Crippen LogP contribution < -0.4 is 9.64 Å². The number of hydrogen-bond acceptors (Lipinski definition) is 7. The number of rotatable bonds is 5. The molecule has 0 aliphatic carbocycles. The summed E-state index contributed by atoms with van der Waals surface area (Å²) in [6.07, 6.45) is -3.82. The van der Waals surface area contributed by atoms with Gasteiger partial charge in [-0.2, -0.15) is 18.2 Å². The SMILES string of the molecule is COC(=O)c1ncc(N(CC#Cc2cc3c(Br)cccn3c2CC(F)(F)F)C(=O)OC(C)(C)C)c(OC)n1. The van der Waals surface area contributed by atoms with Crippen LogP contribution in [0.15, 0.2) is 35.1 Å². The van der Waals surface area contributed by atoms with Crippen molar-refractivity contribution < 1.29 is 37.0 Å². The molecule has 1 amide bonds. The first-order valence-corrected chi connectivity index (χ1v) is 11.9. The van der Waals surface area contributed by atoms with E-state index in [2.05, 4.69) is 42.5 Å². The largest absolute Gasteiger partial charge is 0.479 e. The van der Waals surface area contributed by atoms with Gasteiger partial charge in [-0.15, -0.1) is 0 Å². The number of amides is 1. The number of esters is 1. The quantitative estimate of drug-likeness (QED) is 0.295. The molecule has 202 valence electrons. The van der Waals surface area contributed by atoms with Gasteiger partial charge in [-0.1, -0.05) is 11.8 Å². The maximum Gasteiger partial charge on any atom is 0.415 e. The number of carbonyl (C=O) groups is 2. The van der Waals surface area contributed by atoms with Crippen molar-refractivity contribution in [3.8, 4) is 17.7 Å². The molecule has 0 radical (unpaired) electrons. The van der Waals surface area contributed by atoms with Gasteiger partial charge in [-0.3, -0.25) is 4.90 Å². The van der Waals surface area contributed by atoms with Crippen molar-refractivity contribution in [3.63, 3.8) is 0 Å². The van der Waals surface area contributed by atoms with Crippen molar-refractivity contribution in [3.05, 3.63) is 52.1 Å². The van der Waals surface area contributed by atoms with Crippen LogP contribution in [0.4, 0.5) is 23.7 Å². The third kappa shape index (κ3) is 6.95. The van der Waals surface area contributed by atoms with Gasteiger partial charge in [0.1, 0.15) is 11.3 Å². The van der Waals surface area contributed by atoms with Crippen molar-refractivity contribution >= 4 is 39.2 Å². The Kier molecular flexibility index (Phi) is 8.56. The zero-order valence-electron chi connectivity index (χ0n) is 21.1. The Hall–Kier alpha value is -3.79. The number of nitrogens with zero attached hydrogens (tertiary/aromatic N) is 4. The second-order valence-corrected chi connectivity index (χ2v) is 9.71. The van der Waals surface area contributed by atoms with Crippen LogP contribution in [-0.2, 0) is 15.9 Å². The van der Waals surface area contributed by atoms with Crippen LogP contribution in [0.5, 0.6) is 5.88 Å². The van der Waals surface area contributed by atoms with Gasteiger partial charge in [0.2, 0.25) is 11.7 Å². The number of hydrogen-bond donors (Lipinski definition) is 0. The molecule has 0 bridgehead atoms. The van der Waals surface area contributed by atoms with E-state index in [9.17, 15) is 22.8 Å². The molecular formula is C25H24BrF3N4O5. The number of pyridine rings is 1. The van der Waals surface area contributed by atoms with E-state index in [0.29, 0.717) is 9.99 Å². The maximum absolute atomic E-state index is 13.4.